The summed E-state index contributed by atoms with van der Waals surface area (Å²) in [7, 11) is 0. The van der Waals surface area contributed by atoms with E-state index in [1.807, 2.05) is 0 Å². The first kappa shape index (κ1) is 74.9. The van der Waals surface area contributed by atoms with Gasteiger partial charge in [0.15, 0.2) is 0 Å². The molecule has 0 aliphatic carbocycles. The van der Waals surface area contributed by atoms with E-state index < -0.39 is 12.1 Å². The molecule has 0 aromatic heterocycles. The molecule has 0 heterocycles. The highest BCUT2D eigenvalue weighted by Crippen LogP contribution is 2.20. The Labute approximate surface area is 476 Å². The summed E-state index contributed by atoms with van der Waals surface area (Å²) >= 11 is 0. The Hall–Kier alpha value is -1.14. The molecule has 76 heavy (non-hydrogen) atoms. The molecule has 2 unspecified atom stereocenters. The van der Waals surface area contributed by atoms with Crippen molar-refractivity contribution in [2.24, 2.45) is 0 Å². The highest BCUT2D eigenvalue weighted by atomic mass is 16.5. The van der Waals surface area contributed by atoms with Crippen LogP contribution in [-0.2, 0) is 14.3 Å². The van der Waals surface area contributed by atoms with E-state index >= 15 is 0 Å². The van der Waals surface area contributed by atoms with Gasteiger partial charge in [-0.2, -0.15) is 0 Å². The van der Waals surface area contributed by atoms with Crippen LogP contribution < -0.4 is 5.32 Å². The first-order valence-corrected chi connectivity index (χ1v) is 35.3. The number of nitrogens with one attached hydrogen (secondary N) is 1. The maximum absolute atomic E-state index is 12.5. The molecule has 0 spiro atoms. The van der Waals surface area contributed by atoms with Crippen molar-refractivity contribution in [1.82, 2.24) is 5.32 Å². The van der Waals surface area contributed by atoms with Gasteiger partial charge >= 0.3 is 5.97 Å². The molecule has 454 valence electrons. The number of rotatable bonds is 67. The number of esters is 1. The Kier molecular flexibility index (Phi) is 65.4. The first-order valence-electron chi connectivity index (χ1n) is 35.3. The Morgan fingerprint density at radius 1 is 0.316 bits per heavy atom. The summed E-state index contributed by atoms with van der Waals surface area (Å²) in [5.74, 6) is -0.00842. The molecule has 0 radical (unpaired) electrons. The highest BCUT2D eigenvalue weighted by Gasteiger charge is 2.20. The summed E-state index contributed by atoms with van der Waals surface area (Å²) in [4.78, 5) is 24.6. The van der Waals surface area contributed by atoms with Crippen LogP contribution in [0.3, 0.4) is 0 Å². The summed E-state index contributed by atoms with van der Waals surface area (Å²) in [5, 5.41) is 23.4. The minimum Gasteiger partial charge on any atom is -0.466 e. The molecule has 0 aliphatic rings. The predicted octanol–water partition coefficient (Wildman–Crippen LogP) is 22.6. The minimum atomic E-state index is -0.663. The van der Waals surface area contributed by atoms with E-state index in [1.54, 1.807) is 0 Å². The number of aliphatic hydroxyl groups excluding tert-OH is 2. The van der Waals surface area contributed by atoms with Crippen LogP contribution in [0.1, 0.15) is 412 Å². The lowest BCUT2D eigenvalue weighted by Gasteiger charge is -2.22. The van der Waals surface area contributed by atoms with Crippen LogP contribution in [0, 0.1) is 0 Å². The van der Waals surface area contributed by atoms with Crippen molar-refractivity contribution in [3.63, 3.8) is 0 Å². The molecule has 0 aliphatic heterocycles. The third-order valence-corrected chi connectivity index (χ3v) is 16.9. The van der Waals surface area contributed by atoms with Crippen LogP contribution in [-0.4, -0.2) is 47.4 Å². The second-order valence-corrected chi connectivity index (χ2v) is 24.6. The van der Waals surface area contributed by atoms with Crippen molar-refractivity contribution < 1.29 is 24.5 Å². The van der Waals surface area contributed by atoms with Gasteiger partial charge in [-0.25, -0.2) is 0 Å². The van der Waals surface area contributed by atoms with Gasteiger partial charge in [-0.05, 0) is 25.7 Å². The second-order valence-electron chi connectivity index (χ2n) is 24.6. The number of carbonyl (C=O) groups excluding carboxylic acids is 2. The van der Waals surface area contributed by atoms with Gasteiger partial charge in [0, 0.05) is 12.8 Å². The quantitative estimate of drug-likeness (QED) is 0.0417. The van der Waals surface area contributed by atoms with E-state index in [9.17, 15) is 19.8 Å². The number of unbranched alkanes of at least 4 members (excludes halogenated alkanes) is 56. The van der Waals surface area contributed by atoms with Gasteiger partial charge in [-0.3, -0.25) is 9.59 Å². The number of hydrogen-bond donors (Lipinski definition) is 3. The lowest BCUT2D eigenvalue weighted by Crippen LogP contribution is -2.45. The van der Waals surface area contributed by atoms with Gasteiger partial charge in [-0.1, -0.05) is 373 Å². The van der Waals surface area contributed by atoms with Crippen LogP contribution >= 0.6 is 0 Å². The SMILES string of the molecule is CCCCCCCCCCCCCCCCCCCCCCCC(O)C(CO)NC(=O)CCCCCCCCCCCCCCCCCCCCCCCCCCCOC(=O)CCCCCCCCCCCCCCC. The fraction of sp³-hybridized carbons (Fsp3) is 0.971. The second kappa shape index (κ2) is 66.4. The zero-order valence-corrected chi connectivity index (χ0v) is 52.0. The molecule has 6 nitrogen and oxygen atoms in total. The van der Waals surface area contributed by atoms with Crippen molar-refractivity contribution in [2.45, 2.75) is 424 Å². The van der Waals surface area contributed by atoms with Crippen molar-refractivity contribution >= 4 is 11.9 Å². The summed E-state index contributed by atoms with van der Waals surface area (Å²) in [5.41, 5.74) is 0. The fourth-order valence-electron chi connectivity index (χ4n) is 11.5. The van der Waals surface area contributed by atoms with Gasteiger partial charge in [0.05, 0.1) is 25.4 Å². The molecule has 3 N–H and O–H groups in total. The van der Waals surface area contributed by atoms with Crippen molar-refractivity contribution in [3.8, 4) is 0 Å². The maximum atomic E-state index is 12.5. The average Bonchev–Trinajstić information content (AvgIpc) is 3.42. The van der Waals surface area contributed by atoms with Crippen molar-refractivity contribution in [2.75, 3.05) is 13.2 Å². The number of ether oxygens (including phenoxy) is 1. The standard InChI is InChI=1S/C70H139NO5/c1-3-5-7-9-11-13-15-17-18-19-20-26-29-32-35-39-42-46-50-54-58-62-68(73)67(66-72)71-69(74)63-59-55-51-47-43-40-36-33-30-27-24-22-21-23-25-28-31-34-37-41-45-49-53-57-61-65-76-70(75)64-60-56-52-48-44-38-16-14-12-10-8-6-4-2/h67-68,72-73H,3-66H2,1-2H3,(H,71,74). The molecule has 0 aromatic rings. The number of amides is 1. The molecular formula is C70H139NO5. The summed E-state index contributed by atoms with van der Waals surface area (Å²) in [6, 6.07) is -0.540. The summed E-state index contributed by atoms with van der Waals surface area (Å²) < 4.78 is 5.49. The van der Waals surface area contributed by atoms with E-state index in [-0.39, 0.29) is 18.5 Å². The molecule has 0 rings (SSSR count). The van der Waals surface area contributed by atoms with Gasteiger partial charge in [0.2, 0.25) is 5.91 Å². The van der Waals surface area contributed by atoms with Gasteiger partial charge in [0.25, 0.3) is 0 Å². The van der Waals surface area contributed by atoms with E-state index in [0.717, 1.165) is 38.5 Å². The van der Waals surface area contributed by atoms with Crippen LogP contribution in [0.4, 0.5) is 0 Å². The monoisotopic (exact) mass is 1070 g/mol. The summed E-state index contributed by atoms with van der Waals surface area (Å²) in [6.45, 7) is 5.00. The van der Waals surface area contributed by atoms with Crippen molar-refractivity contribution in [3.05, 3.63) is 0 Å². The third kappa shape index (κ3) is 62.1. The molecule has 0 bridgehead atoms. The molecular weight excluding hydrogens is 935 g/mol. The Balaban J connectivity index is 3.35. The minimum absolute atomic E-state index is 0.0193. The first-order chi connectivity index (χ1) is 37.5. The lowest BCUT2D eigenvalue weighted by molar-refractivity contribution is -0.143. The van der Waals surface area contributed by atoms with Crippen LogP contribution in [0.5, 0.6) is 0 Å². The van der Waals surface area contributed by atoms with Crippen LogP contribution in [0.2, 0.25) is 0 Å². The lowest BCUT2D eigenvalue weighted by atomic mass is 10.0. The van der Waals surface area contributed by atoms with E-state index in [0.29, 0.717) is 25.9 Å². The van der Waals surface area contributed by atoms with E-state index in [2.05, 4.69) is 19.2 Å². The third-order valence-electron chi connectivity index (χ3n) is 16.9. The Bertz CT molecular complexity index is 1100. The van der Waals surface area contributed by atoms with Gasteiger partial charge in [-0.15, -0.1) is 0 Å². The number of carbonyl (C=O) groups is 2. The molecule has 1 amide bonds. The van der Waals surface area contributed by atoms with Crippen molar-refractivity contribution in [1.29, 1.82) is 0 Å². The molecule has 0 fully saturated rings. The molecule has 0 aromatic carbocycles. The Morgan fingerprint density at radius 2 is 0.539 bits per heavy atom. The normalized spacial score (nSPS) is 12.4. The smallest absolute Gasteiger partial charge is 0.305 e. The van der Waals surface area contributed by atoms with Crippen LogP contribution in [0.15, 0.2) is 0 Å². The topological polar surface area (TPSA) is 95.9 Å². The van der Waals surface area contributed by atoms with Crippen LogP contribution in [0.25, 0.3) is 0 Å². The van der Waals surface area contributed by atoms with Gasteiger partial charge < -0.3 is 20.3 Å². The fourth-order valence-corrected chi connectivity index (χ4v) is 11.5. The Morgan fingerprint density at radius 3 is 0.803 bits per heavy atom. The zero-order valence-electron chi connectivity index (χ0n) is 52.0. The van der Waals surface area contributed by atoms with Gasteiger partial charge in [0.1, 0.15) is 0 Å². The molecule has 0 saturated heterocycles. The molecule has 6 heteroatoms. The maximum Gasteiger partial charge on any atom is 0.305 e. The highest BCUT2D eigenvalue weighted by molar-refractivity contribution is 5.76. The van der Waals surface area contributed by atoms with E-state index in [1.165, 1.54) is 340 Å². The molecule has 2 atom stereocenters. The largest absolute Gasteiger partial charge is 0.466 e. The number of aliphatic hydroxyl groups is 2. The molecule has 0 saturated carbocycles. The predicted molar refractivity (Wildman–Crippen MR) is 334 cm³/mol. The average molecular weight is 1070 g/mol. The number of hydrogen-bond acceptors (Lipinski definition) is 5. The van der Waals surface area contributed by atoms with E-state index in [4.69, 9.17) is 4.74 Å². The summed E-state index contributed by atoms with van der Waals surface area (Å²) in [6.07, 6.45) is 80.0. The zero-order chi connectivity index (χ0) is 55.0.